The molecule has 0 aromatic heterocycles. The standard InChI is InChI=1S/C20H20N2O3/c1-3-13(2)14-8-10-15(11-9-14)21-18(23)12-22-19(24)16-6-4-5-7-17(16)20(22)25/h4-11,13H,3,12H2,1-2H3,(H,21,23). The monoisotopic (exact) mass is 336 g/mol. The SMILES string of the molecule is CCC(C)c1ccc(NC(=O)CN2C(=O)c3ccccc3C2=O)cc1. The molecule has 1 N–H and O–H groups in total. The highest BCUT2D eigenvalue weighted by atomic mass is 16.2. The van der Waals surface area contributed by atoms with E-state index in [9.17, 15) is 14.4 Å². The zero-order valence-electron chi connectivity index (χ0n) is 14.3. The van der Waals surface area contributed by atoms with Crippen LogP contribution in [0, 0.1) is 0 Å². The summed E-state index contributed by atoms with van der Waals surface area (Å²) < 4.78 is 0. The lowest BCUT2D eigenvalue weighted by Gasteiger charge is -2.14. The van der Waals surface area contributed by atoms with Gasteiger partial charge >= 0.3 is 0 Å². The number of hydrogen-bond acceptors (Lipinski definition) is 3. The molecule has 1 atom stereocenters. The smallest absolute Gasteiger partial charge is 0.262 e. The fraction of sp³-hybridized carbons (Fsp3) is 0.250. The Morgan fingerprint density at radius 1 is 1.00 bits per heavy atom. The number of nitrogens with one attached hydrogen (secondary N) is 1. The first-order valence-corrected chi connectivity index (χ1v) is 8.36. The van der Waals surface area contributed by atoms with Gasteiger partial charge < -0.3 is 5.32 Å². The maximum absolute atomic E-state index is 12.3. The summed E-state index contributed by atoms with van der Waals surface area (Å²) in [5.41, 5.74) is 2.55. The van der Waals surface area contributed by atoms with Crippen molar-refractivity contribution in [1.82, 2.24) is 4.90 Å². The van der Waals surface area contributed by atoms with Gasteiger partial charge in [-0.3, -0.25) is 19.3 Å². The molecule has 0 saturated heterocycles. The number of carbonyl (C=O) groups excluding carboxylic acids is 3. The largest absolute Gasteiger partial charge is 0.325 e. The van der Waals surface area contributed by atoms with Crippen molar-refractivity contribution in [2.75, 3.05) is 11.9 Å². The highest BCUT2D eigenvalue weighted by molar-refractivity contribution is 6.22. The third-order valence-corrected chi connectivity index (χ3v) is 4.56. The Morgan fingerprint density at radius 2 is 1.56 bits per heavy atom. The van der Waals surface area contributed by atoms with Gasteiger partial charge in [-0.2, -0.15) is 0 Å². The maximum atomic E-state index is 12.3. The molecule has 128 valence electrons. The summed E-state index contributed by atoms with van der Waals surface area (Å²) in [4.78, 5) is 37.8. The Kier molecular flexibility index (Phi) is 4.65. The number of benzene rings is 2. The predicted octanol–water partition coefficient (Wildman–Crippen LogP) is 3.43. The van der Waals surface area contributed by atoms with Crippen LogP contribution >= 0.6 is 0 Å². The average molecular weight is 336 g/mol. The van der Waals surface area contributed by atoms with Gasteiger partial charge in [-0.05, 0) is 42.2 Å². The van der Waals surface area contributed by atoms with Gasteiger partial charge in [0.25, 0.3) is 11.8 Å². The van der Waals surface area contributed by atoms with Crippen molar-refractivity contribution < 1.29 is 14.4 Å². The van der Waals surface area contributed by atoms with Gasteiger partial charge in [0.1, 0.15) is 6.54 Å². The van der Waals surface area contributed by atoms with Crippen LogP contribution in [0.1, 0.15) is 52.5 Å². The maximum Gasteiger partial charge on any atom is 0.262 e. The summed E-state index contributed by atoms with van der Waals surface area (Å²) in [5, 5.41) is 2.74. The third-order valence-electron chi connectivity index (χ3n) is 4.56. The molecule has 1 aliphatic heterocycles. The summed E-state index contributed by atoms with van der Waals surface area (Å²) in [5.74, 6) is -0.792. The molecule has 25 heavy (non-hydrogen) atoms. The van der Waals surface area contributed by atoms with Crippen molar-refractivity contribution >= 4 is 23.4 Å². The highest BCUT2D eigenvalue weighted by Crippen LogP contribution is 2.23. The van der Waals surface area contributed by atoms with Crippen molar-refractivity contribution in [3.8, 4) is 0 Å². The minimum atomic E-state index is -0.428. The van der Waals surface area contributed by atoms with E-state index in [0.29, 0.717) is 22.7 Å². The summed E-state index contributed by atoms with van der Waals surface area (Å²) in [6, 6.07) is 14.2. The van der Waals surface area contributed by atoms with E-state index in [1.807, 2.05) is 24.3 Å². The lowest BCUT2D eigenvalue weighted by molar-refractivity contribution is -0.116. The molecule has 0 aliphatic carbocycles. The van der Waals surface area contributed by atoms with Crippen molar-refractivity contribution in [3.63, 3.8) is 0 Å². The normalized spacial score (nSPS) is 14.4. The van der Waals surface area contributed by atoms with E-state index in [4.69, 9.17) is 0 Å². The number of anilines is 1. The number of carbonyl (C=O) groups is 3. The average Bonchev–Trinajstić information content (AvgIpc) is 2.87. The van der Waals surface area contributed by atoms with Crippen LogP contribution in [0.2, 0.25) is 0 Å². The van der Waals surface area contributed by atoms with Crippen LogP contribution in [0.25, 0.3) is 0 Å². The van der Waals surface area contributed by atoms with Crippen molar-refractivity contribution in [3.05, 3.63) is 65.2 Å². The molecule has 5 nitrogen and oxygen atoms in total. The van der Waals surface area contributed by atoms with E-state index in [0.717, 1.165) is 11.3 Å². The second-order valence-electron chi connectivity index (χ2n) is 6.22. The predicted molar refractivity (Wildman–Crippen MR) is 95.6 cm³/mol. The molecule has 1 aliphatic rings. The fourth-order valence-corrected chi connectivity index (χ4v) is 2.86. The minimum Gasteiger partial charge on any atom is -0.325 e. The molecule has 1 heterocycles. The summed E-state index contributed by atoms with van der Waals surface area (Å²) in [7, 11) is 0. The van der Waals surface area contributed by atoms with Crippen LogP contribution in [0.15, 0.2) is 48.5 Å². The van der Waals surface area contributed by atoms with Gasteiger partial charge in [-0.1, -0.05) is 38.1 Å². The second-order valence-corrected chi connectivity index (χ2v) is 6.22. The molecule has 0 spiro atoms. The van der Waals surface area contributed by atoms with Gasteiger partial charge in [0.05, 0.1) is 11.1 Å². The molecule has 0 radical (unpaired) electrons. The number of imide groups is 1. The van der Waals surface area contributed by atoms with E-state index in [1.54, 1.807) is 24.3 Å². The van der Waals surface area contributed by atoms with Crippen molar-refractivity contribution in [2.24, 2.45) is 0 Å². The Balaban J connectivity index is 1.66. The Hall–Kier alpha value is -2.95. The van der Waals surface area contributed by atoms with Crippen LogP contribution in [-0.2, 0) is 4.79 Å². The Labute approximate surface area is 146 Å². The van der Waals surface area contributed by atoms with E-state index in [-0.39, 0.29) is 6.54 Å². The Morgan fingerprint density at radius 3 is 2.08 bits per heavy atom. The first-order chi connectivity index (χ1) is 12.0. The molecule has 1 unspecified atom stereocenters. The zero-order chi connectivity index (χ0) is 18.0. The van der Waals surface area contributed by atoms with Crippen LogP contribution in [-0.4, -0.2) is 29.2 Å². The third kappa shape index (κ3) is 3.31. The first-order valence-electron chi connectivity index (χ1n) is 8.36. The molecular formula is C20H20N2O3. The van der Waals surface area contributed by atoms with Gasteiger partial charge in [0.2, 0.25) is 5.91 Å². The fourth-order valence-electron chi connectivity index (χ4n) is 2.86. The molecule has 5 heteroatoms. The quantitative estimate of drug-likeness (QED) is 0.851. The van der Waals surface area contributed by atoms with Gasteiger partial charge in [-0.15, -0.1) is 0 Å². The summed E-state index contributed by atoms with van der Waals surface area (Å²) >= 11 is 0. The zero-order valence-corrected chi connectivity index (χ0v) is 14.3. The molecule has 2 aromatic carbocycles. The summed E-state index contributed by atoms with van der Waals surface area (Å²) in [6.45, 7) is 3.98. The highest BCUT2D eigenvalue weighted by Gasteiger charge is 2.36. The van der Waals surface area contributed by atoms with E-state index in [1.165, 1.54) is 5.56 Å². The second kappa shape index (κ2) is 6.89. The number of amides is 3. The summed E-state index contributed by atoms with van der Waals surface area (Å²) in [6.07, 6.45) is 1.05. The van der Waals surface area contributed by atoms with Crippen molar-refractivity contribution in [2.45, 2.75) is 26.2 Å². The lowest BCUT2D eigenvalue weighted by atomic mass is 9.99. The first kappa shape index (κ1) is 16.9. The molecule has 3 rings (SSSR count). The molecule has 2 aromatic rings. The molecule has 0 bridgehead atoms. The number of fused-ring (bicyclic) bond motifs is 1. The van der Waals surface area contributed by atoms with Crippen LogP contribution in [0.3, 0.4) is 0 Å². The molecule has 0 saturated carbocycles. The number of rotatable bonds is 5. The van der Waals surface area contributed by atoms with Crippen LogP contribution in [0.4, 0.5) is 5.69 Å². The van der Waals surface area contributed by atoms with E-state index < -0.39 is 17.7 Å². The van der Waals surface area contributed by atoms with Crippen molar-refractivity contribution in [1.29, 1.82) is 0 Å². The van der Waals surface area contributed by atoms with Gasteiger partial charge in [0.15, 0.2) is 0 Å². The van der Waals surface area contributed by atoms with Crippen LogP contribution in [0.5, 0.6) is 0 Å². The molecule has 0 fully saturated rings. The number of nitrogens with zero attached hydrogens (tertiary/aromatic N) is 1. The lowest BCUT2D eigenvalue weighted by Crippen LogP contribution is -2.37. The van der Waals surface area contributed by atoms with Gasteiger partial charge in [0, 0.05) is 5.69 Å². The topological polar surface area (TPSA) is 66.5 Å². The number of hydrogen-bond donors (Lipinski definition) is 1. The Bertz CT molecular complexity index is 792. The molecule has 3 amide bonds. The minimum absolute atomic E-state index is 0.292. The van der Waals surface area contributed by atoms with Gasteiger partial charge in [-0.25, -0.2) is 0 Å². The van der Waals surface area contributed by atoms with Crippen LogP contribution < -0.4 is 5.32 Å². The molecular weight excluding hydrogens is 316 g/mol. The van der Waals surface area contributed by atoms with E-state index in [2.05, 4.69) is 19.2 Å². The van der Waals surface area contributed by atoms with E-state index >= 15 is 0 Å².